The summed E-state index contributed by atoms with van der Waals surface area (Å²) >= 11 is 0. The Hall–Kier alpha value is -2.95. The number of carbonyl (C=O) groups excluding carboxylic acids is 2. The summed E-state index contributed by atoms with van der Waals surface area (Å²) in [6.45, 7) is 7.13. The molecule has 9 nitrogen and oxygen atoms in total. The molecule has 0 radical (unpaired) electrons. The number of morpholine rings is 1. The Morgan fingerprint density at radius 2 is 1.62 bits per heavy atom. The lowest BCUT2D eigenvalue weighted by atomic mass is 10.1. The van der Waals surface area contributed by atoms with Crippen LogP contribution in [0.3, 0.4) is 0 Å². The minimum Gasteiger partial charge on any atom is -0.378 e. The van der Waals surface area contributed by atoms with Gasteiger partial charge >= 0.3 is 6.03 Å². The zero-order valence-corrected chi connectivity index (χ0v) is 20.5. The second kappa shape index (κ2) is 11.0. The summed E-state index contributed by atoms with van der Waals surface area (Å²) in [5.41, 5.74) is 0.715. The molecule has 1 saturated heterocycles. The summed E-state index contributed by atoms with van der Waals surface area (Å²) in [5.74, 6) is -0.395. The number of nitrogens with one attached hydrogen (secondary N) is 3. The molecule has 0 spiro atoms. The highest BCUT2D eigenvalue weighted by Gasteiger charge is 2.26. The first-order valence-corrected chi connectivity index (χ1v) is 12.6. The lowest BCUT2D eigenvalue weighted by molar-refractivity contribution is -0.118. The molecule has 3 amide bonds. The molecule has 0 bridgehead atoms. The Morgan fingerprint density at radius 3 is 2.21 bits per heavy atom. The van der Waals surface area contributed by atoms with Gasteiger partial charge in [0.25, 0.3) is 0 Å². The van der Waals surface area contributed by atoms with Gasteiger partial charge in [0, 0.05) is 30.7 Å². The molecule has 34 heavy (non-hydrogen) atoms. The first-order chi connectivity index (χ1) is 16.0. The molecule has 0 aliphatic carbocycles. The minimum atomic E-state index is -3.68. The average molecular weight is 489 g/mol. The molecule has 0 saturated carbocycles. The molecular weight excluding hydrogens is 456 g/mol. The monoisotopic (exact) mass is 488 g/mol. The van der Waals surface area contributed by atoms with E-state index in [0.717, 1.165) is 5.56 Å². The van der Waals surface area contributed by atoms with Crippen LogP contribution in [0.15, 0.2) is 59.5 Å². The predicted octanol–water partition coefficient (Wildman–Crippen LogP) is 2.35. The van der Waals surface area contributed by atoms with Gasteiger partial charge in [0.15, 0.2) is 0 Å². The topological polar surface area (TPSA) is 117 Å². The first-order valence-electron chi connectivity index (χ1n) is 11.2. The Kier molecular flexibility index (Phi) is 8.29. The smallest absolute Gasteiger partial charge is 0.318 e. The van der Waals surface area contributed by atoms with Crippen LogP contribution in [-0.4, -0.2) is 63.1 Å². The van der Waals surface area contributed by atoms with Gasteiger partial charge in [-0.3, -0.25) is 4.79 Å². The van der Waals surface area contributed by atoms with Crippen molar-refractivity contribution in [3.8, 4) is 0 Å². The standard InChI is InChI=1S/C24H32N4O5S/c1-24(2,3)27-34(31,32)20-11-9-19(10-12-20)25-22(29)21(17-18-7-5-4-6-8-18)26-23(30)28-13-15-33-16-14-28/h4-12,21,27H,13-17H2,1-3H3,(H,25,29)(H,26,30)/t21-/m0/s1. The second-order valence-electron chi connectivity index (χ2n) is 9.16. The van der Waals surface area contributed by atoms with Gasteiger partial charge in [0.05, 0.1) is 18.1 Å². The molecule has 3 N–H and O–H groups in total. The normalized spacial score (nSPS) is 15.4. The lowest BCUT2D eigenvalue weighted by Gasteiger charge is -2.29. The highest BCUT2D eigenvalue weighted by molar-refractivity contribution is 7.89. The maximum atomic E-state index is 13.1. The molecule has 1 aliphatic heterocycles. The van der Waals surface area contributed by atoms with Crippen molar-refractivity contribution in [2.24, 2.45) is 0 Å². The maximum Gasteiger partial charge on any atom is 0.318 e. The summed E-state index contributed by atoms with van der Waals surface area (Å²) in [7, 11) is -3.68. The Morgan fingerprint density at radius 1 is 1.00 bits per heavy atom. The van der Waals surface area contributed by atoms with Crippen molar-refractivity contribution in [1.29, 1.82) is 0 Å². The van der Waals surface area contributed by atoms with Crippen LogP contribution in [0.5, 0.6) is 0 Å². The van der Waals surface area contributed by atoms with Gasteiger partial charge in [-0.05, 0) is 50.6 Å². The Balaban J connectivity index is 1.72. The SMILES string of the molecule is CC(C)(C)NS(=O)(=O)c1ccc(NC(=O)[C@H](Cc2ccccc2)NC(=O)N2CCOCC2)cc1. The van der Waals surface area contributed by atoms with E-state index in [1.807, 2.05) is 30.3 Å². The van der Waals surface area contributed by atoms with Crippen LogP contribution in [0.1, 0.15) is 26.3 Å². The zero-order chi connectivity index (χ0) is 24.8. The maximum absolute atomic E-state index is 13.1. The fourth-order valence-electron chi connectivity index (χ4n) is 3.47. The molecule has 0 unspecified atom stereocenters. The van der Waals surface area contributed by atoms with Crippen LogP contribution in [0.2, 0.25) is 0 Å². The molecule has 2 aromatic rings. The third-order valence-electron chi connectivity index (χ3n) is 5.07. The van der Waals surface area contributed by atoms with Gasteiger partial charge in [-0.2, -0.15) is 0 Å². The molecule has 1 aliphatic rings. The van der Waals surface area contributed by atoms with Crippen LogP contribution in [0, 0.1) is 0 Å². The quantitative estimate of drug-likeness (QED) is 0.553. The summed E-state index contributed by atoms with van der Waals surface area (Å²) in [5, 5.41) is 5.62. The third-order valence-corrected chi connectivity index (χ3v) is 6.84. The van der Waals surface area contributed by atoms with Crippen LogP contribution in [0.4, 0.5) is 10.5 Å². The molecule has 1 fully saturated rings. The predicted molar refractivity (Wildman–Crippen MR) is 130 cm³/mol. The molecule has 1 atom stereocenters. The van der Waals surface area contributed by atoms with Crippen LogP contribution in [-0.2, 0) is 26.0 Å². The number of anilines is 1. The molecule has 3 rings (SSSR count). The van der Waals surface area contributed by atoms with Crippen LogP contribution >= 0.6 is 0 Å². The molecule has 2 aromatic carbocycles. The lowest BCUT2D eigenvalue weighted by Crippen LogP contribution is -2.53. The molecular formula is C24H32N4O5S. The Labute approximate surface area is 200 Å². The summed E-state index contributed by atoms with van der Waals surface area (Å²) in [6.07, 6.45) is 0.310. The van der Waals surface area contributed by atoms with E-state index in [1.54, 1.807) is 25.7 Å². The van der Waals surface area contributed by atoms with Gasteiger partial charge in [0.1, 0.15) is 6.04 Å². The average Bonchev–Trinajstić information content (AvgIpc) is 2.78. The van der Waals surface area contributed by atoms with E-state index in [1.165, 1.54) is 24.3 Å². The van der Waals surface area contributed by atoms with E-state index in [4.69, 9.17) is 4.74 Å². The van der Waals surface area contributed by atoms with Gasteiger partial charge < -0.3 is 20.3 Å². The highest BCUT2D eigenvalue weighted by Crippen LogP contribution is 2.17. The van der Waals surface area contributed by atoms with Crippen molar-refractivity contribution in [3.05, 3.63) is 60.2 Å². The fraction of sp³-hybridized carbons (Fsp3) is 0.417. The van der Waals surface area contributed by atoms with Gasteiger partial charge in [-0.1, -0.05) is 30.3 Å². The number of urea groups is 1. The van der Waals surface area contributed by atoms with Crippen molar-refractivity contribution in [3.63, 3.8) is 0 Å². The largest absolute Gasteiger partial charge is 0.378 e. The number of amides is 3. The van der Waals surface area contributed by atoms with Crippen molar-refractivity contribution < 1.29 is 22.7 Å². The van der Waals surface area contributed by atoms with E-state index >= 15 is 0 Å². The van der Waals surface area contributed by atoms with Gasteiger partial charge in [0.2, 0.25) is 15.9 Å². The number of hydrogen-bond donors (Lipinski definition) is 3. The summed E-state index contributed by atoms with van der Waals surface area (Å²) in [6, 6.07) is 14.2. The van der Waals surface area contributed by atoms with E-state index in [2.05, 4.69) is 15.4 Å². The van der Waals surface area contributed by atoms with Gasteiger partial charge in [-0.15, -0.1) is 0 Å². The number of ether oxygens (including phenoxy) is 1. The second-order valence-corrected chi connectivity index (χ2v) is 10.8. The highest BCUT2D eigenvalue weighted by atomic mass is 32.2. The van der Waals surface area contributed by atoms with Crippen molar-refractivity contribution in [2.75, 3.05) is 31.6 Å². The molecule has 0 aromatic heterocycles. The van der Waals surface area contributed by atoms with E-state index in [0.29, 0.717) is 38.4 Å². The van der Waals surface area contributed by atoms with Crippen molar-refractivity contribution in [1.82, 2.24) is 14.9 Å². The minimum absolute atomic E-state index is 0.0990. The number of hydrogen-bond acceptors (Lipinski definition) is 5. The van der Waals surface area contributed by atoms with Gasteiger partial charge in [-0.25, -0.2) is 17.9 Å². The number of benzene rings is 2. The van der Waals surface area contributed by atoms with Crippen LogP contribution < -0.4 is 15.4 Å². The number of nitrogens with zero attached hydrogens (tertiary/aromatic N) is 1. The molecule has 10 heteroatoms. The molecule has 1 heterocycles. The Bertz CT molecular complexity index is 1080. The molecule has 184 valence electrons. The number of sulfonamides is 1. The number of rotatable bonds is 7. The number of carbonyl (C=O) groups is 2. The van der Waals surface area contributed by atoms with Crippen molar-refractivity contribution in [2.45, 2.75) is 43.7 Å². The fourth-order valence-corrected chi connectivity index (χ4v) is 4.89. The summed E-state index contributed by atoms with van der Waals surface area (Å²) < 4.78 is 32.9. The zero-order valence-electron chi connectivity index (χ0n) is 19.7. The summed E-state index contributed by atoms with van der Waals surface area (Å²) in [4.78, 5) is 27.6. The van der Waals surface area contributed by atoms with E-state index < -0.39 is 27.5 Å². The van der Waals surface area contributed by atoms with E-state index in [-0.39, 0.29) is 10.9 Å². The first kappa shape index (κ1) is 25.7. The third kappa shape index (κ3) is 7.54. The van der Waals surface area contributed by atoms with Crippen molar-refractivity contribution >= 4 is 27.6 Å². The van der Waals surface area contributed by atoms with Crippen LogP contribution in [0.25, 0.3) is 0 Å². The van der Waals surface area contributed by atoms with E-state index in [9.17, 15) is 18.0 Å².